The van der Waals surface area contributed by atoms with Crippen LogP contribution >= 0.6 is 0 Å². The van der Waals surface area contributed by atoms with Gasteiger partial charge in [0.1, 0.15) is 0 Å². The second-order valence-electron chi connectivity index (χ2n) is 7.79. The molecular formula is C23H35Cl3SiTi. The molecule has 0 fully saturated rings. The molecule has 0 N–H and O–H groups in total. The van der Waals surface area contributed by atoms with Crippen LogP contribution in [0.1, 0.15) is 69.1 Å². The molecule has 0 bridgehead atoms. The van der Waals surface area contributed by atoms with E-state index in [1.165, 1.54) is 54.8 Å². The Bertz CT molecular complexity index is 632. The maximum absolute atomic E-state index is 3.70. The second-order valence-corrected chi connectivity index (χ2v) is 12.0. The van der Waals surface area contributed by atoms with Crippen molar-refractivity contribution >= 4 is 13.3 Å². The van der Waals surface area contributed by atoms with Crippen LogP contribution in [0.4, 0.5) is 0 Å². The van der Waals surface area contributed by atoms with Crippen LogP contribution in [-0.2, 0) is 21.7 Å². The summed E-state index contributed by atoms with van der Waals surface area (Å²) in [6.45, 7) is 14.1. The maximum atomic E-state index is 3.70. The first-order valence-electron chi connectivity index (χ1n) is 9.83. The Morgan fingerprint density at radius 3 is 1.96 bits per heavy atom. The van der Waals surface area contributed by atoms with Crippen LogP contribution in [0.15, 0.2) is 29.0 Å². The molecule has 0 saturated carbocycles. The van der Waals surface area contributed by atoms with E-state index in [1.54, 1.807) is 16.0 Å². The molecule has 1 aromatic carbocycles. The van der Waals surface area contributed by atoms with Gasteiger partial charge in [-0.2, -0.15) is 11.3 Å². The topological polar surface area (TPSA) is 0 Å². The van der Waals surface area contributed by atoms with Gasteiger partial charge in [-0.3, -0.25) is 6.08 Å². The summed E-state index contributed by atoms with van der Waals surface area (Å²) in [4.78, 5) is 0. The Morgan fingerprint density at radius 1 is 0.929 bits per heavy atom. The SMILES string of the molecule is CCCCC1=[C-]CC=C1[Si](C)(CCCC)c1c(C)cc(C)cc1C.[Cl-].[Cl-].[Cl-].[Ti+4]. The van der Waals surface area contributed by atoms with Crippen molar-refractivity contribution in [2.75, 3.05) is 0 Å². The van der Waals surface area contributed by atoms with Crippen molar-refractivity contribution in [2.24, 2.45) is 0 Å². The summed E-state index contributed by atoms with van der Waals surface area (Å²) in [6.07, 6.45) is 13.7. The third-order valence-corrected chi connectivity index (χ3v) is 10.5. The van der Waals surface area contributed by atoms with E-state index in [1.807, 2.05) is 0 Å². The minimum atomic E-state index is -1.68. The number of unbranched alkanes of at least 4 members (excludes halogenated alkanes) is 2. The summed E-state index contributed by atoms with van der Waals surface area (Å²) >= 11 is 0. The quantitative estimate of drug-likeness (QED) is 0.277. The smallest absolute Gasteiger partial charge is 1.00 e. The molecule has 1 aliphatic rings. The van der Waals surface area contributed by atoms with Crippen LogP contribution in [0.2, 0.25) is 12.6 Å². The molecule has 1 aromatic rings. The molecule has 0 saturated heterocycles. The van der Waals surface area contributed by atoms with Gasteiger partial charge >= 0.3 is 21.7 Å². The van der Waals surface area contributed by atoms with Crippen molar-refractivity contribution in [3.63, 3.8) is 0 Å². The van der Waals surface area contributed by atoms with Crippen molar-refractivity contribution < 1.29 is 58.9 Å². The van der Waals surface area contributed by atoms with E-state index in [0.717, 1.165) is 6.42 Å². The third kappa shape index (κ3) is 7.64. The summed E-state index contributed by atoms with van der Waals surface area (Å²) in [5, 5.41) is 3.41. The average Bonchev–Trinajstić information content (AvgIpc) is 2.99. The van der Waals surface area contributed by atoms with E-state index in [4.69, 9.17) is 0 Å². The predicted molar refractivity (Wildman–Crippen MR) is 111 cm³/mol. The van der Waals surface area contributed by atoms with E-state index in [9.17, 15) is 0 Å². The van der Waals surface area contributed by atoms with Crippen LogP contribution < -0.4 is 42.4 Å². The molecule has 0 spiro atoms. The molecule has 0 nitrogen and oxygen atoms in total. The standard InChI is InChI=1S/C23H35Si.3ClH.Ti/c1-7-9-12-21-13-11-14-22(21)24(6,15-10-8-2)23-19(4)16-18(3)17-20(23)5;;;;/h14,16-17H,7-12,15H2,1-6H3;3*1H;/q-1;;;;+4/p-3. The third-order valence-electron chi connectivity index (χ3n) is 5.58. The minimum Gasteiger partial charge on any atom is -1.00 e. The van der Waals surface area contributed by atoms with E-state index < -0.39 is 8.07 Å². The van der Waals surface area contributed by atoms with Crippen molar-refractivity contribution in [1.29, 1.82) is 0 Å². The van der Waals surface area contributed by atoms with E-state index in [2.05, 4.69) is 65.5 Å². The molecule has 0 amide bonds. The van der Waals surface area contributed by atoms with Crippen LogP contribution in [-0.4, -0.2) is 8.07 Å². The van der Waals surface area contributed by atoms with Gasteiger partial charge in [0.2, 0.25) is 0 Å². The van der Waals surface area contributed by atoms with E-state index in [0.29, 0.717) is 0 Å². The fraction of sp³-hybridized carbons (Fsp3) is 0.565. The summed E-state index contributed by atoms with van der Waals surface area (Å²) in [5.41, 5.74) is 5.98. The summed E-state index contributed by atoms with van der Waals surface area (Å²) < 4.78 is 0. The first-order valence-corrected chi connectivity index (χ1v) is 12.5. The summed E-state index contributed by atoms with van der Waals surface area (Å²) in [7, 11) is -1.68. The summed E-state index contributed by atoms with van der Waals surface area (Å²) in [6, 6.07) is 6.17. The van der Waals surface area contributed by atoms with Gasteiger partial charge in [0.05, 0.1) is 0 Å². The predicted octanol–water partition coefficient (Wildman–Crippen LogP) is -2.50. The number of allylic oxidation sites excluding steroid dienone is 4. The molecule has 156 valence electrons. The number of hydrogen-bond acceptors (Lipinski definition) is 0. The van der Waals surface area contributed by atoms with Gasteiger partial charge in [-0.15, -0.1) is 6.42 Å². The van der Waals surface area contributed by atoms with Crippen LogP contribution in [0.25, 0.3) is 0 Å². The van der Waals surface area contributed by atoms with Gasteiger partial charge in [0.15, 0.2) is 0 Å². The van der Waals surface area contributed by atoms with Crippen molar-refractivity contribution in [3.05, 3.63) is 51.7 Å². The van der Waals surface area contributed by atoms with E-state index in [-0.39, 0.29) is 58.9 Å². The molecule has 0 aliphatic heterocycles. The van der Waals surface area contributed by atoms with Crippen molar-refractivity contribution in [3.8, 4) is 0 Å². The molecular weight excluding hydrogens is 459 g/mol. The second kappa shape index (κ2) is 15.3. The van der Waals surface area contributed by atoms with Gasteiger partial charge in [0, 0.05) is 8.07 Å². The summed E-state index contributed by atoms with van der Waals surface area (Å²) in [5.74, 6) is 0. The van der Waals surface area contributed by atoms with Gasteiger partial charge in [-0.05, 0) is 20.8 Å². The van der Waals surface area contributed by atoms with Crippen LogP contribution in [0.5, 0.6) is 0 Å². The van der Waals surface area contributed by atoms with E-state index >= 15 is 0 Å². The monoisotopic (exact) mass is 492 g/mol. The van der Waals surface area contributed by atoms with Gasteiger partial charge in [-0.25, -0.2) is 5.57 Å². The molecule has 5 heteroatoms. The van der Waals surface area contributed by atoms with Crippen molar-refractivity contribution in [2.45, 2.75) is 85.7 Å². The number of hydrogen-bond donors (Lipinski definition) is 0. The van der Waals surface area contributed by atoms with Gasteiger partial charge in [0.25, 0.3) is 0 Å². The molecule has 0 aromatic heterocycles. The molecule has 1 aliphatic carbocycles. The average molecular weight is 494 g/mol. The molecule has 0 heterocycles. The number of rotatable bonds is 8. The minimum absolute atomic E-state index is 0. The zero-order valence-electron chi connectivity index (χ0n) is 18.3. The van der Waals surface area contributed by atoms with Gasteiger partial charge in [-0.1, -0.05) is 92.6 Å². The zero-order valence-corrected chi connectivity index (χ0v) is 23.1. The molecule has 1 unspecified atom stereocenters. The Morgan fingerprint density at radius 2 is 1.46 bits per heavy atom. The van der Waals surface area contributed by atoms with Crippen molar-refractivity contribution in [1.82, 2.24) is 0 Å². The van der Waals surface area contributed by atoms with Crippen LogP contribution in [0.3, 0.4) is 0 Å². The fourth-order valence-electron chi connectivity index (χ4n) is 4.60. The largest absolute Gasteiger partial charge is 4.00 e. The maximum Gasteiger partial charge on any atom is 4.00 e. The molecule has 28 heavy (non-hydrogen) atoms. The Kier molecular flexibility index (Phi) is 18.1. The first-order chi connectivity index (χ1) is 11.4. The van der Waals surface area contributed by atoms with Crippen LogP contribution in [0, 0.1) is 26.8 Å². The molecule has 2 rings (SSSR count). The van der Waals surface area contributed by atoms with Gasteiger partial charge < -0.3 is 37.2 Å². The number of halogens is 3. The number of benzene rings is 1. The normalized spacial score (nSPS) is 14.4. The zero-order chi connectivity index (χ0) is 17.7. The Hall–Kier alpha value is 0.501. The Balaban J connectivity index is -0.00000156. The Labute approximate surface area is 208 Å². The molecule has 0 radical (unpaired) electrons. The fourth-order valence-corrected chi connectivity index (χ4v) is 9.77. The number of aryl methyl sites for hydroxylation is 3. The first kappa shape index (κ1) is 33.1. The molecule has 1 atom stereocenters.